The van der Waals surface area contributed by atoms with Crippen molar-refractivity contribution < 1.29 is 13.9 Å². The number of hydrogen-bond acceptors (Lipinski definition) is 6. The van der Waals surface area contributed by atoms with E-state index >= 15 is 0 Å². The summed E-state index contributed by atoms with van der Waals surface area (Å²) in [6, 6.07) is 20.8. The molecule has 0 radical (unpaired) electrons. The van der Waals surface area contributed by atoms with Crippen LogP contribution in [0.25, 0.3) is 10.8 Å². The summed E-state index contributed by atoms with van der Waals surface area (Å²) in [7, 11) is 0. The quantitative estimate of drug-likeness (QED) is 0.299. The Labute approximate surface area is 170 Å². The molecule has 28 heavy (non-hydrogen) atoms. The summed E-state index contributed by atoms with van der Waals surface area (Å²) < 4.78 is 11.1. The molecule has 0 aliphatic rings. The first-order valence-corrected chi connectivity index (χ1v) is 9.90. The van der Waals surface area contributed by atoms with Gasteiger partial charge in [0, 0.05) is 5.56 Å². The Kier molecular flexibility index (Phi) is 5.60. The summed E-state index contributed by atoms with van der Waals surface area (Å²) in [6.07, 6.45) is 0. The lowest BCUT2D eigenvalue weighted by Crippen LogP contribution is -2.02. The van der Waals surface area contributed by atoms with E-state index in [4.69, 9.17) is 20.8 Å². The van der Waals surface area contributed by atoms with E-state index in [1.54, 1.807) is 12.1 Å². The lowest BCUT2D eigenvalue weighted by Gasteiger charge is -2.04. The maximum atomic E-state index is 12.5. The lowest BCUT2D eigenvalue weighted by molar-refractivity contribution is 0.102. The molecule has 0 bridgehead atoms. The second-order valence-electron chi connectivity index (χ2n) is 5.95. The zero-order valence-corrected chi connectivity index (χ0v) is 16.2. The van der Waals surface area contributed by atoms with Gasteiger partial charge < -0.3 is 9.15 Å². The van der Waals surface area contributed by atoms with Gasteiger partial charge in [0.25, 0.3) is 11.1 Å². The van der Waals surface area contributed by atoms with Crippen molar-refractivity contribution in [3.63, 3.8) is 0 Å². The fraction of sp³-hybridized carbons (Fsp3) is 0.0952. The van der Waals surface area contributed by atoms with Crippen molar-refractivity contribution in [3.8, 4) is 5.75 Å². The molecule has 0 unspecified atom stereocenters. The highest BCUT2D eigenvalue weighted by Crippen LogP contribution is 2.25. The maximum absolute atomic E-state index is 12.5. The smallest absolute Gasteiger partial charge is 0.277 e. The summed E-state index contributed by atoms with van der Waals surface area (Å²) >= 11 is 7.24. The van der Waals surface area contributed by atoms with Crippen LogP contribution in [0.5, 0.6) is 5.75 Å². The minimum absolute atomic E-state index is 0.00261. The van der Waals surface area contributed by atoms with E-state index in [1.807, 2.05) is 54.6 Å². The van der Waals surface area contributed by atoms with Crippen LogP contribution in [0.2, 0.25) is 5.02 Å². The molecular formula is C21H15ClN2O3S. The summed E-state index contributed by atoms with van der Waals surface area (Å²) in [6.45, 7) is 0.107. The number of hydrogen-bond donors (Lipinski definition) is 0. The van der Waals surface area contributed by atoms with Crippen LogP contribution in [0.3, 0.4) is 0 Å². The summed E-state index contributed by atoms with van der Waals surface area (Å²) in [5, 5.41) is 10.9. The number of fused-ring (bicyclic) bond motifs is 1. The number of benzene rings is 3. The Morgan fingerprint density at radius 2 is 1.79 bits per heavy atom. The Balaban J connectivity index is 1.34. The van der Waals surface area contributed by atoms with Crippen LogP contribution in [-0.4, -0.2) is 21.7 Å². The van der Waals surface area contributed by atoms with E-state index < -0.39 is 0 Å². The third-order valence-electron chi connectivity index (χ3n) is 4.03. The molecule has 3 aromatic carbocycles. The number of ketones is 1. The Bertz CT molecular complexity index is 1130. The third-order valence-corrected chi connectivity index (χ3v) is 5.16. The second-order valence-corrected chi connectivity index (χ2v) is 7.29. The first kappa shape index (κ1) is 18.5. The molecule has 0 spiro atoms. The van der Waals surface area contributed by atoms with Crippen molar-refractivity contribution in [2.45, 2.75) is 11.8 Å². The van der Waals surface area contributed by atoms with Gasteiger partial charge in [-0.1, -0.05) is 71.9 Å². The first-order valence-electron chi connectivity index (χ1n) is 8.53. The van der Waals surface area contributed by atoms with Gasteiger partial charge in [0.2, 0.25) is 0 Å². The van der Waals surface area contributed by atoms with Gasteiger partial charge >= 0.3 is 0 Å². The van der Waals surface area contributed by atoms with Crippen LogP contribution in [0.1, 0.15) is 16.2 Å². The third kappa shape index (κ3) is 4.35. The van der Waals surface area contributed by atoms with Gasteiger partial charge in [-0.05, 0) is 29.0 Å². The number of carbonyl (C=O) groups excluding carboxylic acids is 1. The predicted octanol–water partition coefficient (Wildman–Crippen LogP) is 5.43. The fourth-order valence-electron chi connectivity index (χ4n) is 2.63. The molecule has 0 atom stereocenters. The van der Waals surface area contributed by atoms with Crippen LogP contribution in [0, 0.1) is 0 Å². The second kappa shape index (κ2) is 8.46. The molecule has 7 heteroatoms. The number of ether oxygens (including phenoxy) is 1. The van der Waals surface area contributed by atoms with Gasteiger partial charge in [0.05, 0.1) is 10.8 Å². The number of para-hydroxylation sites is 1. The van der Waals surface area contributed by atoms with E-state index in [-0.39, 0.29) is 18.1 Å². The fourth-order valence-corrected chi connectivity index (χ4v) is 3.49. The minimum atomic E-state index is 0.00261. The molecule has 0 saturated carbocycles. The molecule has 0 amide bonds. The summed E-state index contributed by atoms with van der Waals surface area (Å²) in [4.78, 5) is 12.5. The molecule has 5 nitrogen and oxygen atoms in total. The van der Waals surface area contributed by atoms with Crippen molar-refractivity contribution in [2.24, 2.45) is 0 Å². The number of thioether (sulfide) groups is 1. The summed E-state index contributed by atoms with van der Waals surface area (Å²) in [5.74, 6) is 1.08. The van der Waals surface area contributed by atoms with Crippen LogP contribution in [0.4, 0.5) is 0 Å². The van der Waals surface area contributed by atoms with Crippen LogP contribution >= 0.6 is 23.4 Å². The van der Waals surface area contributed by atoms with Gasteiger partial charge in [-0.2, -0.15) is 0 Å². The van der Waals surface area contributed by atoms with Crippen molar-refractivity contribution in [3.05, 3.63) is 83.2 Å². The Morgan fingerprint density at radius 1 is 1.00 bits per heavy atom. The van der Waals surface area contributed by atoms with Crippen LogP contribution in [-0.2, 0) is 6.61 Å². The average Bonchev–Trinajstić information content (AvgIpc) is 3.19. The van der Waals surface area contributed by atoms with Crippen LogP contribution in [0.15, 0.2) is 76.4 Å². The van der Waals surface area contributed by atoms with E-state index in [9.17, 15) is 4.79 Å². The number of carbonyl (C=O) groups is 1. The zero-order valence-electron chi connectivity index (χ0n) is 14.7. The molecular weight excluding hydrogens is 396 g/mol. The predicted molar refractivity (Wildman–Crippen MR) is 109 cm³/mol. The Hall–Kier alpha value is -2.83. The monoisotopic (exact) mass is 410 g/mol. The normalized spacial score (nSPS) is 10.9. The largest absolute Gasteiger partial charge is 0.482 e. The highest BCUT2D eigenvalue weighted by molar-refractivity contribution is 7.99. The minimum Gasteiger partial charge on any atom is -0.482 e. The molecule has 4 rings (SSSR count). The van der Waals surface area contributed by atoms with E-state index in [1.165, 1.54) is 11.8 Å². The van der Waals surface area contributed by atoms with Gasteiger partial charge in [-0.3, -0.25) is 4.79 Å². The van der Waals surface area contributed by atoms with Gasteiger partial charge in [0.1, 0.15) is 5.75 Å². The average molecular weight is 411 g/mol. The lowest BCUT2D eigenvalue weighted by atomic mass is 10.1. The van der Waals surface area contributed by atoms with Gasteiger partial charge in [-0.15, -0.1) is 10.2 Å². The topological polar surface area (TPSA) is 65.2 Å². The molecule has 0 aliphatic carbocycles. The maximum Gasteiger partial charge on any atom is 0.277 e. The highest BCUT2D eigenvalue weighted by atomic mass is 35.5. The zero-order chi connectivity index (χ0) is 19.3. The van der Waals surface area contributed by atoms with Crippen molar-refractivity contribution >= 4 is 39.9 Å². The molecule has 0 aliphatic heterocycles. The number of Topliss-reactive ketones (excluding diaryl/α,β-unsaturated/α-hetero) is 1. The molecule has 0 saturated heterocycles. The number of rotatable bonds is 7. The van der Waals surface area contributed by atoms with Crippen molar-refractivity contribution in [1.82, 2.24) is 10.2 Å². The molecule has 4 aromatic rings. The standard InChI is InChI=1S/C21H15ClN2O3S/c22-17-7-3-4-8-19(17)26-12-20-23-24-21(27-20)28-13-18(25)16-10-9-14-5-1-2-6-15(14)11-16/h1-11H,12-13H2. The van der Waals surface area contributed by atoms with E-state index in [0.29, 0.717) is 27.4 Å². The van der Waals surface area contributed by atoms with Crippen molar-refractivity contribution in [1.29, 1.82) is 0 Å². The summed E-state index contributed by atoms with van der Waals surface area (Å²) in [5.41, 5.74) is 0.660. The molecule has 0 N–H and O–H groups in total. The van der Waals surface area contributed by atoms with Crippen molar-refractivity contribution in [2.75, 3.05) is 5.75 Å². The molecule has 1 heterocycles. The number of aromatic nitrogens is 2. The molecule has 1 aromatic heterocycles. The Morgan fingerprint density at radius 3 is 2.64 bits per heavy atom. The molecule has 140 valence electrons. The van der Waals surface area contributed by atoms with Gasteiger partial charge in [-0.25, -0.2) is 0 Å². The van der Waals surface area contributed by atoms with Gasteiger partial charge in [0.15, 0.2) is 12.4 Å². The van der Waals surface area contributed by atoms with E-state index in [0.717, 1.165) is 10.8 Å². The first-order chi connectivity index (χ1) is 13.7. The van der Waals surface area contributed by atoms with E-state index in [2.05, 4.69) is 10.2 Å². The SMILES string of the molecule is O=C(CSc1nnc(COc2ccccc2Cl)o1)c1ccc2ccccc2c1. The highest BCUT2D eigenvalue weighted by Gasteiger charge is 2.12. The number of nitrogens with zero attached hydrogens (tertiary/aromatic N) is 2. The number of halogens is 1. The van der Waals surface area contributed by atoms with Crippen LogP contribution < -0.4 is 4.74 Å². The molecule has 0 fully saturated rings.